The highest BCUT2D eigenvalue weighted by Gasteiger charge is 2.37. The van der Waals surface area contributed by atoms with Gasteiger partial charge < -0.3 is 25.8 Å². The number of hydrogen-bond acceptors (Lipinski definition) is 10. The Labute approximate surface area is 295 Å². The fourth-order valence-corrected chi connectivity index (χ4v) is 6.99. The second-order valence-corrected chi connectivity index (χ2v) is 14.8. The number of nitrogens with zero attached hydrogens (tertiary/aromatic N) is 4. The van der Waals surface area contributed by atoms with Crippen LogP contribution in [0.2, 0.25) is 5.02 Å². The molecule has 0 unspecified atom stereocenters. The summed E-state index contributed by atoms with van der Waals surface area (Å²) in [5.74, 6) is -2.25. The van der Waals surface area contributed by atoms with Gasteiger partial charge in [0, 0.05) is 56.6 Å². The first kappa shape index (κ1) is 39.5. The number of anilines is 1. The van der Waals surface area contributed by atoms with Crippen molar-refractivity contribution in [2.45, 2.75) is 63.6 Å². The third-order valence-corrected chi connectivity index (χ3v) is 10.1. The zero-order valence-corrected chi connectivity index (χ0v) is 29.3. The van der Waals surface area contributed by atoms with Gasteiger partial charge in [0.05, 0.1) is 21.7 Å². The average molecular weight is 736 g/mol. The largest absolute Gasteiger partial charge is 0.349 e. The minimum absolute atomic E-state index is 0. The van der Waals surface area contributed by atoms with E-state index in [1.807, 2.05) is 14.0 Å². The Hall–Kier alpha value is -3.96. The number of hydrogen-bond donors (Lipinski definition) is 4. The van der Waals surface area contributed by atoms with E-state index in [2.05, 4.69) is 30.8 Å². The molecule has 266 valence electrons. The molecule has 0 spiro atoms. The van der Waals surface area contributed by atoms with Gasteiger partial charge in [-0.25, -0.2) is 9.97 Å². The van der Waals surface area contributed by atoms with Crippen LogP contribution in [0.15, 0.2) is 47.5 Å². The molecular formula is C32H42ClN7O7S2. The molecule has 4 N–H and O–H groups in total. The van der Waals surface area contributed by atoms with E-state index in [1.165, 1.54) is 40.6 Å². The molecule has 3 aromatic rings. The molecule has 0 radical (unpaired) electrons. The first-order valence-corrected chi connectivity index (χ1v) is 17.7. The summed E-state index contributed by atoms with van der Waals surface area (Å²) in [6.07, 6.45) is 3.42. The van der Waals surface area contributed by atoms with E-state index >= 15 is 0 Å². The highest BCUT2D eigenvalue weighted by Crippen LogP contribution is 2.28. The normalized spacial score (nSPS) is 18.8. The van der Waals surface area contributed by atoms with Crippen molar-refractivity contribution in [2.24, 2.45) is 5.92 Å². The molecular weight excluding hydrogens is 694 g/mol. The van der Waals surface area contributed by atoms with Crippen LogP contribution in [0.5, 0.6) is 0 Å². The summed E-state index contributed by atoms with van der Waals surface area (Å²) in [6, 6.07) is 7.93. The fraction of sp³-hybridized carbons (Fsp3) is 0.438. The molecule has 0 bridgehead atoms. The minimum atomic E-state index is -4.02. The van der Waals surface area contributed by atoms with Gasteiger partial charge in [-0.2, -0.15) is 8.42 Å². The van der Waals surface area contributed by atoms with Crippen LogP contribution >= 0.6 is 22.9 Å². The third kappa shape index (κ3) is 11.0. The van der Waals surface area contributed by atoms with Crippen molar-refractivity contribution in [3.05, 3.63) is 68.8 Å². The van der Waals surface area contributed by atoms with Crippen LogP contribution in [0.3, 0.4) is 0 Å². The van der Waals surface area contributed by atoms with E-state index in [1.54, 1.807) is 32.3 Å². The van der Waals surface area contributed by atoms with Gasteiger partial charge in [-0.3, -0.25) is 23.7 Å². The molecule has 3 heterocycles. The Balaban J connectivity index is 0.000000462. The number of carbonyl (C=O) groups is 4. The Morgan fingerprint density at radius 3 is 2.33 bits per heavy atom. The molecule has 1 aliphatic heterocycles. The SMILES string of the molecule is C.CN1CCc2nc(C(=O)N[C@@H]3C[C@@H](C(=O)N(C)C)CC[C@@H]3NC(=O)C(=O)Nc3ccc(Cl)cn3)sc2C1.Cc1ccc(S(=O)(=O)O)cc1. The number of pyridine rings is 1. The van der Waals surface area contributed by atoms with Crippen LogP contribution in [-0.4, -0.2) is 96.1 Å². The topological polar surface area (TPSA) is 191 Å². The highest BCUT2D eigenvalue weighted by atomic mass is 35.5. The number of thiazole rings is 1. The second kappa shape index (κ2) is 17.1. The number of rotatable bonds is 6. The maximum Gasteiger partial charge on any atom is 0.314 e. The third-order valence-electron chi connectivity index (χ3n) is 7.88. The first-order valence-electron chi connectivity index (χ1n) is 15.1. The lowest BCUT2D eigenvalue weighted by atomic mass is 9.81. The van der Waals surface area contributed by atoms with Gasteiger partial charge >= 0.3 is 11.8 Å². The molecule has 0 saturated heterocycles. The van der Waals surface area contributed by atoms with Gasteiger partial charge in [-0.15, -0.1) is 11.3 Å². The lowest BCUT2D eigenvalue weighted by molar-refractivity contribution is -0.137. The quantitative estimate of drug-likeness (QED) is 0.216. The van der Waals surface area contributed by atoms with Gasteiger partial charge in [-0.05, 0) is 57.5 Å². The minimum Gasteiger partial charge on any atom is -0.349 e. The summed E-state index contributed by atoms with van der Waals surface area (Å²) in [4.78, 5) is 64.2. The molecule has 1 fully saturated rings. The van der Waals surface area contributed by atoms with Crippen molar-refractivity contribution in [1.82, 2.24) is 30.4 Å². The predicted octanol–water partition coefficient (Wildman–Crippen LogP) is 3.17. The summed E-state index contributed by atoms with van der Waals surface area (Å²) >= 11 is 7.17. The standard InChI is InChI=1S/C24H30ClN7O4S.C7H8O3S.CH4/c1-31(2)24(36)13-4-6-15(27-20(33)21(34)30-19-7-5-14(25)11-26-19)17(10-13)28-22(35)23-29-16-8-9-32(3)12-18(16)37-23;1-6-2-4-7(5-3-6)11(8,9)10;/h5,7,11,13,15,17H,4,6,8-10,12H2,1-3H3,(H,27,33)(H,28,35)(H,26,30,34);2-5H,1H3,(H,8,9,10);1H4/t13-,15-,17+;;/m0../s1. The molecule has 4 amide bonds. The van der Waals surface area contributed by atoms with Crippen LogP contribution in [0.4, 0.5) is 5.82 Å². The molecule has 17 heteroatoms. The van der Waals surface area contributed by atoms with Crippen LogP contribution in [-0.2, 0) is 37.5 Å². The van der Waals surface area contributed by atoms with Gasteiger partial charge in [0.2, 0.25) is 5.91 Å². The fourth-order valence-electron chi connectivity index (χ4n) is 5.31. The average Bonchev–Trinajstić information content (AvgIpc) is 3.46. The van der Waals surface area contributed by atoms with Crippen molar-refractivity contribution in [1.29, 1.82) is 0 Å². The van der Waals surface area contributed by atoms with Crippen molar-refractivity contribution >= 4 is 62.5 Å². The number of amides is 4. The predicted molar refractivity (Wildman–Crippen MR) is 187 cm³/mol. The summed E-state index contributed by atoms with van der Waals surface area (Å²) in [6.45, 7) is 3.48. The number of aromatic nitrogens is 2. The van der Waals surface area contributed by atoms with Gasteiger partial charge in [0.1, 0.15) is 5.82 Å². The molecule has 3 atom stereocenters. The van der Waals surface area contributed by atoms with E-state index in [9.17, 15) is 27.6 Å². The Morgan fingerprint density at radius 2 is 1.71 bits per heavy atom. The lowest BCUT2D eigenvalue weighted by Crippen LogP contribution is -2.57. The number of carbonyl (C=O) groups excluding carboxylic acids is 4. The van der Waals surface area contributed by atoms with Gasteiger partial charge in [0.15, 0.2) is 5.01 Å². The number of fused-ring (bicyclic) bond motifs is 1. The zero-order valence-electron chi connectivity index (χ0n) is 26.9. The van der Waals surface area contributed by atoms with Crippen molar-refractivity contribution < 1.29 is 32.1 Å². The molecule has 5 rings (SSSR count). The smallest absolute Gasteiger partial charge is 0.314 e. The summed E-state index contributed by atoms with van der Waals surface area (Å²) in [5.41, 5.74) is 1.90. The van der Waals surface area contributed by atoms with E-state index in [0.717, 1.165) is 35.6 Å². The number of likely N-dealkylation sites (N-methyl/N-ethyl adjacent to an activating group) is 1. The van der Waals surface area contributed by atoms with Crippen LogP contribution < -0.4 is 16.0 Å². The number of aryl methyl sites for hydroxylation is 1. The van der Waals surface area contributed by atoms with Gasteiger partial charge in [0.25, 0.3) is 16.0 Å². The lowest BCUT2D eigenvalue weighted by Gasteiger charge is -2.37. The molecule has 1 aromatic carbocycles. The molecule has 14 nitrogen and oxygen atoms in total. The van der Waals surface area contributed by atoms with Crippen LogP contribution in [0, 0.1) is 12.8 Å². The van der Waals surface area contributed by atoms with Crippen molar-refractivity contribution in [3.8, 4) is 0 Å². The van der Waals surface area contributed by atoms with Crippen molar-refractivity contribution in [2.75, 3.05) is 33.0 Å². The summed E-state index contributed by atoms with van der Waals surface area (Å²) in [5, 5.41) is 8.91. The van der Waals surface area contributed by atoms with Crippen LogP contribution in [0.25, 0.3) is 0 Å². The highest BCUT2D eigenvalue weighted by molar-refractivity contribution is 7.85. The first-order chi connectivity index (χ1) is 22.6. The molecule has 2 aromatic heterocycles. The molecule has 1 aliphatic carbocycles. The maximum absolute atomic E-state index is 13.2. The monoisotopic (exact) mass is 735 g/mol. The van der Waals surface area contributed by atoms with E-state index in [4.69, 9.17) is 16.2 Å². The Morgan fingerprint density at radius 1 is 1.02 bits per heavy atom. The second-order valence-electron chi connectivity index (χ2n) is 11.9. The number of benzene rings is 1. The van der Waals surface area contributed by atoms with Crippen molar-refractivity contribution in [3.63, 3.8) is 0 Å². The summed E-state index contributed by atoms with van der Waals surface area (Å²) in [7, 11) is 1.39. The van der Waals surface area contributed by atoms with E-state index in [-0.39, 0.29) is 35.9 Å². The van der Waals surface area contributed by atoms with Gasteiger partial charge in [-0.1, -0.05) is 36.7 Å². The van der Waals surface area contributed by atoms with Crippen LogP contribution in [0.1, 0.15) is 52.6 Å². The maximum atomic E-state index is 13.2. The zero-order chi connectivity index (χ0) is 35.2. The number of nitrogens with one attached hydrogen (secondary N) is 3. The molecule has 49 heavy (non-hydrogen) atoms. The number of halogens is 1. The summed E-state index contributed by atoms with van der Waals surface area (Å²) < 4.78 is 29.6. The Kier molecular flexibility index (Phi) is 13.8. The van der Waals surface area contributed by atoms with E-state index in [0.29, 0.717) is 29.3 Å². The molecule has 1 saturated carbocycles. The van der Waals surface area contributed by atoms with E-state index < -0.39 is 34.0 Å². The Bertz CT molecular complexity index is 1750. The molecule has 2 aliphatic rings.